The zero-order valence-corrected chi connectivity index (χ0v) is 27.9. The summed E-state index contributed by atoms with van der Waals surface area (Å²) < 4.78 is 25.9. The summed E-state index contributed by atoms with van der Waals surface area (Å²) in [5, 5.41) is 2.59. The van der Waals surface area contributed by atoms with Crippen LogP contribution < -0.4 is 10.4 Å². The Hall–Kier alpha value is -4.00. The van der Waals surface area contributed by atoms with E-state index in [1.165, 1.54) is 10.4 Å². The molecule has 0 fully saturated rings. The molecule has 6 aromatic rings. The van der Waals surface area contributed by atoms with E-state index in [1.54, 1.807) is 30.5 Å². The summed E-state index contributed by atoms with van der Waals surface area (Å²) in [6.45, 7) is 4.62. The van der Waals surface area contributed by atoms with Crippen molar-refractivity contribution in [3.63, 3.8) is 0 Å². The van der Waals surface area contributed by atoms with Crippen LogP contribution in [0.5, 0.6) is 0 Å². The number of benzene rings is 4. The number of sulfone groups is 1. The number of nitrogens with zero attached hydrogens (tertiary/aromatic N) is 2. The third-order valence-electron chi connectivity index (χ3n) is 7.58. The van der Waals surface area contributed by atoms with E-state index in [1.807, 2.05) is 72.9 Å². The van der Waals surface area contributed by atoms with E-state index in [0.29, 0.717) is 20.9 Å². The fourth-order valence-electron chi connectivity index (χ4n) is 5.11. The zero-order valence-electron chi connectivity index (χ0n) is 23.7. The van der Waals surface area contributed by atoms with Gasteiger partial charge in [0.2, 0.25) is 0 Å². The van der Waals surface area contributed by atoms with Gasteiger partial charge in [-0.1, -0.05) is 96.6 Å². The molecule has 4 aromatic carbocycles. The van der Waals surface area contributed by atoms with Gasteiger partial charge in [-0.25, -0.2) is 8.42 Å². The summed E-state index contributed by atoms with van der Waals surface area (Å²) in [5.74, 6) is 0. The van der Waals surface area contributed by atoms with Crippen molar-refractivity contribution in [1.29, 1.82) is 0 Å². The van der Waals surface area contributed by atoms with Gasteiger partial charge >= 0.3 is 0 Å². The predicted octanol–water partition coefficient (Wildman–Crippen LogP) is 6.73. The first-order chi connectivity index (χ1) is 20.4. The Morgan fingerprint density at radius 3 is 2.05 bits per heavy atom. The molecule has 1 aliphatic rings. The average Bonchev–Trinajstić information content (AvgIpc) is 3.28. The van der Waals surface area contributed by atoms with Crippen molar-refractivity contribution in [1.82, 2.24) is 9.97 Å². The molecular formula is C36H28IrN2O2SSi-2. The Balaban J connectivity index is 0.000000238. The van der Waals surface area contributed by atoms with E-state index in [-0.39, 0.29) is 20.1 Å². The molecule has 0 atom stereocenters. The van der Waals surface area contributed by atoms with E-state index in [9.17, 15) is 8.42 Å². The van der Waals surface area contributed by atoms with Crippen molar-refractivity contribution in [2.45, 2.75) is 22.9 Å². The predicted molar refractivity (Wildman–Crippen MR) is 171 cm³/mol. The Morgan fingerprint density at radius 2 is 1.35 bits per heavy atom. The van der Waals surface area contributed by atoms with Crippen molar-refractivity contribution in [3.8, 4) is 33.6 Å². The van der Waals surface area contributed by atoms with Crippen molar-refractivity contribution >= 4 is 28.3 Å². The Bertz CT molecular complexity index is 1910. The maximum atomic E-state index is 13.0. The van der Waals surface area contributed by atoms with E-state index >= 15 is 0 Å². The topological polar surface area (TPSA) is 59.9 Å². The SMILES string of the molecule is C[Si](C)(c1ccccc1)c1ccc(-c2[c-]cc3c(c2)S(=O)(=O)c2ccccc2-3)nc1.[Ir].[c-]1ccccc1-c1ccccn1. The van der Waals surface area contributed by atoms with Crippen LogP contribution in [0.3, 0.4) is 0 Å². The van der Waals surface area contributed by atoms with Crippen molar-refractivity contribution in [2.24, 2.45) is 0 Å². The quantitative estimate of drug-likeness (QED) is 0.147. The van der Waals surface area contributed by atoms with Gasteiger partial charge in [-0.2, -0.15) is 0 Å². The molecule has 43 heavy (non-hydrogen) atoms. The van der Waals surface area contributed by atoms with Crippen LogP contribution in [-0.2, 0) is 29.9 Å². The van der Waals surface area contributed by atoms with Gasteiger partial charge in [0.15, 0.2) is 9.84 Å². The molecule has 7 rings (SSSR count). The number of rotatable bonds is 4. The first kappa shape index (κ1) is 30.5. The Morgan fingerprint density at radius 1 is 0.628 bits per heavy atom. The normalized spacial score (nSPS) is 12.6. The van der Waals surface area contributed by atoms with Crippen LogP contribution in [0, 0.1) is 12.1 Å². The van der Waals surface area contributed by atoms with E-state index in [4.69, 9.17) is 0 Å². The minimum absolute atomic E-state index is 0. The Labute approximate surface area is 267 Å². The molecule has 4 nitrogen and oxygen atoms in total. The summed E-state index contributed by atoms with van der Waals surface area (Å²) in [4.78, 5) is 9.59. The third-order valence-corrected chi connectivity index (χ3v) is 12.9. The van der Waals surface area contributed by atoms with E-state index in [0.717, 1.165) is 22.5 Å². The fourth-order valence-corrected chi connectivity index (χ4v) is 9.05. The minimum atomic E-state index is -3.50. The molecule has 0 unspecified atom stereocenters. The molecule has 0 saturated carbocycles. The molecule has 0 amide bonds. The van der Waals surface area contributed by atoms with Gasteiger partial charge < -0.3 is 9.97 Å². The molecule has 1 aliphatic heterocycles. The summed E-state index contributed by atoms with van der Waals surface area (Å²) in [7, 11) is -5.33. The third kappa shape index (κ3) is 6.08. The molecule has 0 bridgehead atoms. The average molecular weight is 773 g/mol. The summed E-state index contributed by atoms with van der Waals surface area (Å²) in [5.41, 5.74) is 4.88. The largest absolute Gasteiger partial charge is 0.305 e. The van der Waals surface area contributed by atoms with Crippen LogP contribution in [0.1, 0.15) is 0 Å². The van der Waals surface area contributed by atoms with Crippen LogP contribution >= 0.6 is 0 Å². The van der Waals surface area contributed by atoms with Gasteiger partial charge in [0.05, 0.1) is 4.90 Å². The van der Waals surface area contributed by atoms with Crippen molar-refractivity contribution in [2.75, 3.05) is 0 Å². The molecule has 0 saturated heterocycles. The van der Waals surface area contributed by atoms with Gasteiger partial charge in [-0.3, -0.25) is 0 Å². The summed E-state index contributed by atoms with van der Waals surface area (Å²) in [6.07, 6.45) is 3.72. The minimum Gasteiger partial charge on any atom is -0.305 e. The monoisotopic (exact) mass is 773 g/mol. The zero-order chi connectivity index (χ0) is 29.2. The van der Waals surface area contributed by atoms with Crippen LogP contribution in [0.2, 0.25) is 13.1 Å². The number of hydrogen-bond acceptors (Lipinski definition) is 4. The fraction of sp³-hybridized carbons (Fsp3) is 0.0556. The first-order valence-electron chi connectivity index (χ1n) is 13.7. The summed E-state index contributed by atoms with van der Waals surface area (Å²) >= 11 is 0. The van der Waals surface area contributed by atoms with E-state index in [2.05, 4.69) is 65.5 Å². The second kappa shape index (κ2) is 12.7. The van der Waals surface area contributed by atoms with Gasteiger partial charge in [0.1, 0.15) is 8.07 Å². The number of fused-ring (bicyclic) bond motifs is 3. The van der Waals surface area contributed by atoms with Crippen LogP contribution in [0.15, 0.2) is 144 Å². The smallest absolute Gasteiger partial charge is 0.189 e. The molecule has 0 N–H and O–H groups in total. The second-order valence-corrected chi connectivity index (χ2v) is 16.8. The molecule has 1 radical (unpaired) electrons. The van der Waals surface area contributed by atoms with Gasteiger partial charge in [0, 0.05) is 32.5 Å². The van der Waals surface area contributed by atoms with Crippen LogP contribution in [0.4, 0.5) is 0 Å². The van der Waals surface area contributed by atoms with Gasteiger partial charge in [-0.15, -0.1) is 59.7 Å². The molecule has 2 aromatic heterocycles. The number of pyridine rings is 2. The van der Waals surface area contributed by atoms with E-state index < -0.39 is 17.9 Å². The molecule has 3 heterocycles. The number of aromatic nitrogens is 2. The molecule has 215 valence electrons. The first-order valence-corrected chi connectivity index (χ1v) is 18.1. The Kier molecular flexibility index (Phi) is 8.99. The van der Waals surface area contributed by atoms with Gasteiger partial charge in [-0.05, 0) is 39.2 Å². The van der Waals surface area contributed by atoms with Crippen molar-refractivity contribution < 1.29 is 28.5 Å². The molecule has 0 aliphatic carbocycles. The standard InChI is InChI=1S/C25H20NO2SSi.C11H8N.Ir/c1-30(2,19-8-4-3-5-9-19)20-13-15-23(26-17-20)18-12-14-22-21-10-6-7-11-24(21)29(27,28)25(22)16-18;1-2-6-10(7-3-1)11-8-4-5-9-12-11;/h3-11,13-17H,1-2H3;1-6,8-9H;/q2*-1;. The number of hydrogen-bond donors (Lipinski definition) is 0. The molecule has 7 heteroatoms. The molecular weight excluding hydrogens is 745 g/mol. The van der Waals surface area contributed by atoms with Crippen molar-refractivity contribution in [3.05, 3.63) is 146 Å². The van der Waals surface area contributed by atoms with Crippen LogP contribution in [0.25, 0.3) is 33.6 Å². The maximum absolute atomic E-state index is 13.0. The van der Waals surface area contributed by atoms with Gasteiger partial charge in [0.25, 0.3) is 0 Å². The van der Waals surface area contributed by atoms with Crippen LogP contribution in [-0.4, -0.2) is 26.5 Å². The maximum Gasteiger partial charge on any atom is 0.189 e. The second-order valence-electron chi connectivity index (χ2n) is 10.5. The molecule has 0 spiro atoms. The summed E-state index contributed by atoms with van der Waals surface area (Å²) in [6, 6.07) is 45.3.